The Morgan fingerprint density at radius 3 is 2.71 bits per heavy atom. The second kappa shape index (κ2) is 7.31. The maximum Gasteiger partial charge on any atom is 0.0676 e. The highest BCUT2D eigenvalue weighted by Crippen LogP contribution is 2.21. The lowest BCUT2D eigenvalue weighted by Gasteiger charge is -2.20. The third kappa shape index (κ3) is 4.11. The summed E-state index contributed by atoms with van der Waals surface area (Å²) in [6, 6.07) is 4.47. The van der Waals surface area contributed by atoms with Gasteiger partial charge in [-0.3, -0.25) is 4.68 Å². The molecule has 2 aromatic heterocycles. The van der Waals surface area contributed by atoms with Gasteiger partial charge in [0.05, 0.1) is 17.1 Å². The largest absolute Gasteiger partial charge is 0.310 e. The Balaban J connectivity index is 2.28. The summed E-state index contributed by atoms with van der Waals surface area (Å²) < 4.78 is 1.85. The van der Waals surface area contributed by atoms with Crippen LogP contribution in [0.25, 0.3) is 0 Å². The molecule has 0 aliphatic carbocycles. The molecule has 2 rings (SSSR count). The Hall–Kier alpha value is -1.75. The summed E-state index contributed by atoms with van der Waals surface area (Å²) in [6.45, 7) is 7.29. The molecule has 0 aliphatic heterocycles. The van der Waals surface area contributed by atoms with Crippen LogP contribution in [0.1, 0.15) is 49.0 Å². The number of nitrogens with zero attached hydrogens (tertiary/aromatic N) is 4. The van der Waals surface area contributed by atoms with E-state index >= 15 is 0 Å². The van der Waals surface area contributed by atoms with Gasteiger partial charge in [0.15, 0.2) is 0 Å². The maximum absolute atomic E-state index is 4.50. The molecule has 2 aromatic rings. The fraction of sp³-hybridized carbons (Fsp3) is 0.562. The van der Waals surface area contributed by atoms with E-state index in [0.717, 1.165) is 42.9 Å². The van der Waals surface area contributed by atoms with Gasteiger partial charge >= 0.3 is 0 Å². The molecule has 114 valence electrons. The molecule has 5 heteroatoms. The van der Waals surface area contributed by atoms with E-state index < -0.39 is 0 Å². The van der Waals surface area contributed by atoms with Crippen LogP contribution < -0.4 is 5.32 Å². The third-order valence-corrected chi connectivity index (χ3v) is 3.56. The number of nitrogens with one attached hydrogen (secondary N) is 1. The van der Waals surface area contributed by atoms with Gasteiger partial charge in [0.1, 0.15) is 0 Å². The monoisotopic (exact) mass is 287 g/mol. The molecule has 0 saturated heterocycles. The van der Waals surface area contributed by atoms with Gasteiger partial charge in [-0.1, -0.05) is 13.8 Å². The van der Waals surface area contributed by atoms with Gasteiger partial charge < -0.3 is 5.32 Å². The van der Waals surface area contributed by atoms with Gasteiger partial charge in [-0.15, -0.1) is 0 Å². The Labute approximate surface area is 126 Å². The predicted octanol–water partition coefficient (Wildman–Crippen LogP) is 2.36. The van der Waals surface area contributed by atoms with Crippen molar-refractivity contribution in [2.24, 2.45) is 7.05 Å². The van der Waals surface area contributed by atoms with Crippen molar-refractivity contribution in [1.29, 1.82) is 0 Å². The Morgan fingerprint density at radius 1 is 1.29 bits per heavy atom. The molecule has 0 fully saturated rings. The highest BCUT2D eigenvalue weighted by molar-refractivity contribution is 5.26. The Bertz CT molecular complexity index is 576. The van der Waals surface area contributed by atoms with Crippen molar-refractivity contribution in [3.63, 3.8) is 0 Å². The van der Waals surface area contributed by atoms with Crippen LogP contribution in [0.15, 0.2) is 18.3 Å². The zero-order chi connectivity index (χ0) is 15.2. The van der Waals surface area contributed by atoms with Gasteiger partial charge in [0.25, 0.3) is 0 Å². The minimum absolute atomic E-state index is 0.240. The third-order valence-electron chi connectivity index (χ3n) is 3.56. The molecule has 0 amide bonds. The van der Waals surface area contributed by atoms with Crippen LogP contribution >= 0.6 is 0 Å². The molecular weight excluding hydrogens is 262 g/mol. The molecule has 5 nitrogen and oxygen atoms in total. The predicted molar refractivity (Wildman–Crippen MR) is 84.1 cm³/mol. The van der Waals surface area contributed by atoms with Crippen molar-refractivity contribution in [3.05, 3.63) is 41.0 Å². The van der Waals surface area contributed by atoms with Gasteiger partial charge in [-0.25, -0.2) is 0 Å². The Kier molecular flexibility index (Phi) is 5.44. The molecule has 2 heterocycles. The summed E-state index contributed by atoms with van der Waals surface area (Å²) in [5.74, 6) is 0. The average molecular weight is 287 g/mol. The number of hydrogen-bond donors (Lipinski definition) is 1. The molecule has 0 radical (unpaired) electrons. The summed E-state index contributed by atoms with van der Waals surface area (Å²) in [7, 11) is 1.95. The van der Waals surface area contributed by atoms with Crippen molar-refractivity contribution in [2.45, 2.75) is 46.1 Å². The second-order valence-electron chi connectivity index (χ2n) is 5.43. The standard InChI is InChI=1S/C16H25N5/c1-5-8-17-16(11-13-7-9-21(4)20-13)14-10-12(3)18-19-15(14)6-2/h7,9-10,16-17H,5-6,8,11H2,1-4H3. The van der Waals surface area contributed by atoms with E-state index in [0.29, 0.717) is 0 Å². The summed E-state index contributed by atoms with van der Waals surface area (Å²) in [4.78, 5) is 0. The number of rotatable bonds is 7. The van der Waals surface area contributed by atoms with Crippen LogP contribution in [0.2, 0.25) is 0 Å². The zero-order valence-electron chi connectivity index (χ0n) is 13.4. The molecule has 0 aromatic carbocycles. The highest BCUT2D eigenvalue weighted by atomic mass is 15.2. The molecule has 1 N–H and O–H groups in total. The normalized spacial score (nSPS) is 12.6. The van der Waals surface area contributed by atoms with Crippen LogP contribution in [0.4, 0.5) is 0 Å². The molecular formula is C16H25N5. The van der Waals surface area contributed by atoms with E-state index in [-0.39, 0.29) is 6.04 Å². The fourth-order valence-electron chi connectivity index (χ4n) is 2.50. The first-order chi connectivity index (χ1) is 10.1. The van der Waals surface area contributed by atoms with E-state index in [2.05, 4.69) is 46.6 Å². The summed E-state index contributed by atoms with van der Waals surface area (Å²) in [5.41, 5.74) is 4.39. The summed E-state index contributed by atoms with van der Waals surface area (Å²) >= 11 is 0. The van der Waals surface area contributed by atoms with Gasteiger partial charge in [-0.05, 0) is 44.0 Å². The van der Waals surface area contributed by atoms with E-state index in [9.17, 15) is 0 Å². The lowest BCUT2D eigenvalue weighted by Crippen LogP contribution is -2.26. The minimum Gasteiger partial charge on any atom is -0.310 e. The van der Waals surface area contributed by atoms with Crippen LogP contribution in [0.5, 0.6) is 0 Å². The maximum atomic E-state index is 4.50. The average Bonchev–Trinajstić information content (AvgIpc) is 2.88. The molecule has 0 bridgehead atoms. The lowest BCUT2D eigenvalue weighted by atomic mass is 9.99. The van der Waals surface area contributed by atoms with Crippen molar-refractivity contribution < 1.29 is 0 Å². The molecule has 21 heavy (non-hydrogen) atoms. The molecule has 1 atom stereocenters. The van der Waals surface area contributed by atoms with E-state index in [1.165, 1.54) is 5.56 Å². The molecule has 1 unspecified atom stereocenters. The van der Waals surface area contributed by atoms with Crippen molar-refractivity contribution >= 4 is 0 Å². The van der Waals surface area contributed by atoms with Crippen LogP contribution in [-0.2, 0) is 19.9 Å². The first-order valence-electron chi connectivity index (χ1n) is 7.69. The molecule has 0 spiro atoms. The molecule has 0 aliphatic rings. The van der Waals surface area contributed by atoms with Crippen LogP contribution in [0.3, 0.4) is 0 Å². The number of aryl methyl sites for hydroxylation is 3. The minimum atomic E-state index is 0.240. The van der Waals surface area contributed by atoms with Gasteiger partial charge in [0, 0.05) is 25.7 Å². The topological polar surface area (TPSA) is 55.6 Å². The van der Waals surface area contributed by atoms with E-state index in [1.54, 1.807) is 0 Å². The number of hydrogen-bond acceptors (Lipinski definition) is 4. The van der Waals surface area contributed by atoms with Gasteiger partial charge in [-0.2, -0.15) is 15.3 Å². The van der Waals surface area contributed by atoms with Gasteiger partial charge in [0.2, 0.25) is 0 Å². The van der Waals surface area contributed by atoms with Crippen molar-refractivity contribution in [1.82, 2.24) is 25.3 Å². The van der Waals surface area contributed by atoms with Crippen LogP contribution in [-0.4, -0.2) is 26.5 Å². The van der Waals surface area contributed by atoms with Crippen molar-refractivity contribution in [2.75, 3.05) is 6.54 Å². The van der Waals surface area contributed by atoms with E-state index in [4.69, 9.17) is 0 Å². The fourth-order valence-corrected chi connectivity index (χ4v) is 2.50. The summed E-state index contributed by atoms with van der Waals surface area (Å²) in [5, 5.41) is 16.7. The second-order valence-corrected chi connectivity index (χ2v) is 5.43. The first-order valence-corrected chi connectivity index (χ1v) is 7.69. The zero-order valence-corrected chi connectivity index (χ0v) is 13.4. The number of aromatic nitrogens is 4. The first kappa shape index (κ1) is 15.6. The van der Waals surface area contributed by atoms with Crippen molar-refractivity contribution in [3.8, 4) is 0 Å². The smallest absolute Gasteiger partial charge is 0.0676 e. The summed E-state index contributed by atoms with van der Waals surface area (Å²) in [6.07, 6.45) is 4.87. The Morgan fingerprint density at radius 2 is 2.10 bits per heavy atom. The highest BCUT2D eigenvalue weighted by Gasteiger charge is 2.17. The SMILES string of the molecule is CCCNC(Cc1ccn(C)n1)c1cc(C)nnc1CC. The molecule has 0 saturated carbocycles. The quantitative estimate of drug-likeness (QED) is 0.849. The van der Waals surface area contributed by atoms with Crippen LogP contribution in [0, 0.1) is 6.92 Å². The lowest BCUT2D eigenvalue weighted by molar-refractivity contribution is 0.513. The van der Waals surface area contributed by atoms with E-state index in [1.807, 2.05) is 24.9 Å².